The van der Waals surface area contributed by atoms with Crippen molar-refractivity contribution in [2.24, 2.45) is 7.05 Å². The molecular formula is C16H24N8. The molecule has 0 saturated carbocycles. The van der Waals surface area contributed by atoms with E-state index in [4.69, 9.17) is 4.98 Å². The third-order valence-electron chi connectivity index (χ3n) is 3.95. The van der Waals surface area contributed by atoms with Gasteiger partial charge in [0.25, 0.3) is 0 Å². The average Bonchev–Trinajstić information content (AvgIpc) is 3.13. The topological polar surface area (TPSA) is 86.3 Å². The van der Waals surface area contributed by atoms with Crippen LogP contribution in [0.15, 0.2) is 12.5 Å². The van der Waals surface area contributed by atoms with Crippen LogP contribution in [0.2, 0.25) is 0 Å². The van der Waals surface area contributed by atoms with E-state index < -0.39 is 0 Å². The largest absolute Gasteiger partial charge is 0.360 e. The van der Waals surface area contributed by atoms with E-state index in [9.17, 15) is 0 Å². The van der Waals surface area contributed by atoms with Crippen LogP contribution in [0, 0.1) is 0 Å². The van der Waals surface area contributed by atoms with Gasteiger partial charge in [-0.05, 0) is 13.8 Å². The smallest absolute Gasteiger partial charge is 0.163 e. The van der Waals surface area contributed by atoms with Crippen LogP contribution in [0.25, 0.3) is 11.0 Å². The Bertz CT molecular complexity index is 855. The number of aromatic nitrogens is 7. The second kappa shape index (κ2) is 5.85. The molecule has 24 heavy (non-hydrogen) atoms. The molecular weight excluding hydrogens is 304 g/mol. The van der Waals surface area contributed by atoms with Crippen molar-refractivity contribution >= 4 is 16.9 Å². The molecule has 3 aromatic rings. The highest BCUT2D eigenvalue weighted by Crippen LogP contribution is 2.27. The Morgan fingerprint density at radius 3 is 2.62 bits per heavy atom. The van der Waals surface area contributed by atoms with Gasteiger partial charge in [0.1, 0.15) is 23.8 Å². The molecule has 1 N–H and O–H groups in total. The fourth-order valence-corrected chi connectivity index (χ4v) is 2.59. The molecule has 0 bridgehead atoms. The lowest BCUT2D eigenvalue weighted by molar-refractivity contribution is 0.546. The summed E-state index contributed by atoms with van der Waals surface area (Å²) in [5, 5.41) is 12.9. The first-order valence-electron chi connectivity index (χ1n) is 8.15. The Labute approximate surface area is 141 Å². The summed E-state index contributed by atoms with van der Waals surface area (Å²) in [4.78, 5) is 13.8. The van der Waals surface area contributed by atoms with Crippen molar-refractivity contribution in [2.75, 3.05) is 5.32 Å². The summed E-state index contributed by atoms with van der Waals surface area (Å²) < 4.78 is 3.65. The highest BCUT2D eigenvalue weighted by atomic mass is 15.3. The summed E-state index contributed by atoms with van der Waals surface area (Å²) in [5.41, 5.74) is 0.670. The molecule has 1 unspecified atom stereocenters. The predicted molar refractivity (Wildman–Crippen MR) is 92.7 cm³/mol. The Balaban J connectivity index is 2.05. The molecule has 3 heterocycles. The van der Waals surface area contributed by atoms with Gasteiger partial charge in [-0.25, -0.2) is 19.6 Å². The van der Waals surface area contributed by atoms with Crippen LogP contribution in [0.4, 0.5) is 5.82 Å². The quantitative estimate of drug-likeness (QED) is 0.791. The van der Waals surface area contributed by atoms with Crippen LogP contribution in [0.1, 0.15) is 52.3 Å². The number of fused-ring (bicyclic) bond motifs is 1. The number of aryl methyl sites for hydroxylation is 2. The number of hydrogen-bond donors (Lipinski definition) is 1. The highest BCUT2D eigenvalue weighted by molar-refractivity contribution is 5.86. The first kappa shape index (κ1) is 16.4. The maximum atomic E-state index is 4.76. The Morgan fingerprint density at radius 2 is 1.96 bits per heavy atom. The monoisotopic (exact) mass is 328 g/mol. The molecule has 0 aliphatic heterocycles. The van der Waals surface area contributed by atoms with Crippen molar-refractivity contribution in [2.45, 2.75) is 52.6 Å². The number of hydrogen-bond acceptors (Lipinski definition) is 6. The molecule has 8 nitrogen and oxygen atoms in total. The highest BCUT2D eigenvalue weighted by Gasteiger charge is 2.22. The van der Waals surface area contributed by atoms with Gasteiger partial charge in [-0.15, -0.1) is 0 Å². The van der Waals surface area contributed by atoms with E-state index in [1.54, 1.807) is 17.2 Å². The lowest BCUT2D eigenvalue weighted by Gasteiger charge is -2.20. The summed E-state index contributed by atoms with van der Waals surface area (Å²) in [6.07, 6.45) is 3.37. The second-order valence-corrected chi connectivity index (χ2v) is 6.95. The molecule has 0 amide bonds. The maximum absolute atomic E-state index is 4.76. The minimum Gasteiger partial charge on any atom is -0.360 e. The normalized spacial score (nSPS) is 13.4. The van der Waals surface area contributed by atoms with E-state index in [1.807, 2.05) is 18.7 Å². The standard InChI is InChI=1S/C16H24N8/c1-7-24-13(17-9-19-24)10(2)20-12-11-8-18-23(6)14(11)22-15(21-12)16(3,4)5/h8-10H,7H2,1-6H3,(H,20,21,22). The predicted octanol–water partition coefficient (Wildman–Crippen LogP) is 2.45. The fraction of sp³-hybridized carbons (Fsp3) is 0.562. The van der Waals surface area contributed by atoms with Gasteiger partial charge in [0.05, 0.1) is 17.6 Å². The molecule has 0 aliphatic rings. The van der Waals surface area contributed by atoms with Gasteiger partial charge in [0, 0.05) is 19.0 Å². The molecule has 0 radical (unpaired) electrons. The van der Waals surface area contributed by atoms with Gasteiger partial charge in [0.15, 0.2) is 5.65 Å². The average molecular weight is 328 g/mol. The van der Waals surface area contributed by atoms with Crippen molar-refractivity contribution in [3.63, 3.8) is 0 Å². The minimum absolute atomic E-state index is 0.0291. The molecule has 3 rings (SSSR count). The van der Waals surface area contributed by atoms with Gasteiger partial charge in [0.2, 0.25) is 0 Å². The number of nitrogens with zero attached hydrogens (tertiary/aromatic N) is 7. The molecule has 0 aromatic carbocycles. The SMILES string of the molecule is CCn1ncnc1C(C)Nc1nc(C(C)(C)C)nc2c1cnn2C. The third-order valence-corrected chi connectivity index (χ3v) is 3.95. The Morgan fingerprint density at radius 1 is 1.21 bits per heavy atom. The summed E-state index contributed by atoms with van der Waals surface area (Å²) in [6, 6.07) is -0.0291. The summed E-state index contributed by atoms with van der Waals surface area (Å²) in [6.45, 7) is 11.2. The first-order valence-corrected chi connectivity index (χ1v) is 8.15. The van der Waals surface area contributed by atoms with Gasteiger partial charge >= 0.3 is 0 Å². The van der Waals surface area contributed by atoms with Crippen LogP contribution in [0.3, 0.4) is 0 Å². The van der Waals surface area contributed by atoms with E-state index in [0.29, 0.717) is 0 Å². The number of nitrogens with one attached hydrogen (secondary N) is 1. The van der Waals surface area contributed by atoms with Crippen molar-refractivity contribution in [3.8, 4) is 0 Å². The lowest BCUT2D eigenvalue weighted by atomic mass is 9.95. The third kappa shape index (κ3) is 2.83. The Kier molecular flexibility index (Phi) is 3.98. The Hall–Kier alpha value is -2.51. The zero-order valence-electron chi connectivity index (χ0n) is 15.1. The molecule has 0 fully saturated rings. The van der Waals surface area contributed by atoms with Crippen molar-refractivity contribution in [3.05, 3.63) is 24.2 Å². The van der Waals surface area contributed by atoms with Crippen LogP contribution >= 0.6 is 0 Å². The molecule has 128 valence electrons. The van der Waals surface area contributed by atoms with Crippen LogP contribution in [-0.2, 0) is 19.0 Å². The van der Waals surface area contributed by atoms with Crippen molar-refractivity contribution in [1.29, 1.82) is 0 Å². The molecule has 8 heteroatoms. The second-order valence-electron chi connectivity index (χ2n) is 6.95. The summed E-state index contributed by atoms with van der Waals surface area (Å²) >= 11 is 0. The van der Waals surface area contributed by atoms with Gasteiger partial charge < -0.3 is 5.32 Å². The van der Waals surface area contributed by atoms with E-state index in [2.05, 4.69) is 53.2 Å². The van der Waals surface area contributed by atoms with Gasteiger partial charge in [-0.3, -0.25) is 4.68 Å². The first-order chi connectivity index (χ1) is 11.3. The van der Waals surface area contributed by atoms with E-state index >= 15 is 0 Å². The summed E-state index contributed by atoms with van der Waals surface area (Å²) in [7, 11) is 1.89. The molecule has 3 aromatic heterocycles. The van der Waals surface area contributed by atoms with Crippen molar-refractivity contribution < 1.29 is 0 Å². The molecule has 1 atom stereocenters. The van der Waals surface area contributed by atoms with Gasteiger partial charge in [-0.1, -0.05) is 20.8 Å². The molecule has 0 aliphatic carbocycles. The molecule has 0 spiro atoms. The zero-order valence-corrected chi connectivity index (χ0v) is 15.1. The van der Waals surface area contributed by atoms with E-state index in [1.165, 1.54) is 0 Å². The minimum atomic E-state index is -0.151. The van der Waals surface area contributed by atoms with Gasteiger partial charge in [-0.2, -0.15) is 10.2 Å². The number of anilines is 1. The van der Waals surface area contributed by atoms with E-state index in [0.717, 1.165) is 35.0 Å². The zero-order chi connectivity index (χ0) is 17.5. The summed E-state index contributed by atoms with van der Waals surface area (Å²) in [5.74, 6) is 2.44. The van der Waals surface area contributed by atoms with Crippen LogP contribution in [-0.4, -0.2) is 34.5 Å². The fourth-order valence-electron chi connectivity index (χ4n) is 2.59. The van der Waals surface area contributed by atoms with Crippen LogP contribution in [0.5, 0.6) is 0 Å². The van der Waals surface area contributed by atoms with E-state index in [-0.39, 0.29) is 11.5 Å². The molecule has 0 saturated heterocycles. The maximum Gasteiger partial charge on any atom is 0.163 e. The van der Waals surface area contributed by atoms with Crippen molar-refractivity contribution in [1.82, 2.24) is 34.5 Å². The van der Waals surface area contributed by atoms with Crippen LogP contribution < -0.4 is 5.32 Å². The lowest BCUT2D eigenvalue weighted by Crippen LogP contribution is -2.20. The number of rotatable bonds is 4.